The molecule has 0 unspecified atom stereocenters. The van der Waals surface area contributed by atoms with Crippen molar-refractivity contribution < 1.29 is 14.6 Å². The third-order valence-corrected chi connectivity index (χ3v) is 3.16. The van der Waals surface area contributed by atoms with Gasteiger partial charge in [-0.15, -0.1) is 0 Å². The number of fused-ring (bicyclic) bond motifs is 1. The van der Waals surface area contributed by atoms with Crippen LogP contribution in [0.2, 0.25) is 0 Å². The summed E-state index contributed by atoms with van der Waals surface area (Å²) in [5.74, 6) is -0.258. The SMILES string of the molecule is COC[C@@](C)(O)CNC(=O)c1ccc2nsnc2c1. The lowest BCUT2D eigenvalue weighted by Gasteiger charge is -2.22. The van der Waals surface area contributed by atoms with Crippen LogP contribution in [0.15, 0.2) is 18.2 Å². The second-order valence-corrected chi connectivity index (χ2v) is 5.11. The van der Waals surface area contributed by atoms with Crippen LogP contribution in [-0.2, 0) is 4.74 Å². The summed E-state index contributed by atoms with van der Waals surface area (Å²) in [6, 6.07) is 5.12. The van der Waals surface area contributed by atoms with Gasteiger partial charge in [0.25, 0.3) is 5.91 Å². The molecule has 19 heavy (non-hydrogen) atoms. The summed E-state index contributed by atoms with van der Waals surface area (Å²) >= 11 is 1.11. The molecule has 0 saturated heterocycles. The zero-order valence-corrected chi connectivity index (χ0v) is 11.5. The predicted molar refractivity (Wildman–Crippen MR) is 72.2 cm³/mol. The minimum atomic E-state index is -1.09. The summed E-state index contributed by atoms with van der Waals surface area (Å²) in [5, 5.41) is 12.6. The Morgan fingerprint density at radius 2 is 2.21 bits per heavy atom. The van der Waals surface area contributed by atoms with Crippen molar-refractivity contribution in [3.63, 3.8) is 0 Å². The van der Waals surface area contributed by atoms with E-state index in [-0.39, 0.29) is 19.1 Å². The molecule has 1 aromatic carbocycles. The molecular weight excluding hydrogens is 266 g/mol. The lowest BCUT2D eigenvalue weighted by Crippen LogP contribution is -2.43. The van der Waals surface area contributed by atoms with Crippen molar-refractivity contribution in [2.45, 2.75) is 12.5 Å². The summed E-state index contributed by atoms with van der Waals surface area (Å²) in [5.41, 5.74) is 0.874. The van der Waals surface area contributed by atoms with Gasteiger partial charge >= 0.3 is 0 Å². The number of amides is 1. The smallest absolute Gasteiger partial charge is 0.251 e. The molecule has 0 aliphatic carbocycles. The molecule has 1 amide bonds. The van der Waals surface area contributed by atoms with Gasteiger partial charge in [0.1, 0.15) is 16.6 Å². The van der Waals surface area contributed by atoms with Gasteiger partial charge in [0.15, 0.2) is 0 Å². The first-order valence-electron chi connectivity index (χ1n) is 5.74. The van der Waals surface area contributed by atoms with Gasteiger partial charge in [-0.2, -0.15) is 8.75 Å². The van der Waals surface area contributed by atoms with Crippen molar-refractivity contribution in [3.05, 3.63) is 23.8 Å². The number of carbonyl (C=O) groups excluding carboxylic acids is 1. The molecule has 6 nitrogen and oxygen atoms in total. The Kier molecular flexibility index (Phi) is 4.08. The first-order valence-corrected chi connectivity index (χ1v) is 6.47. The minimum absolute atomic E-state index is 0.118. The molecule has 0 fully saturated rings. The van der Waals surface area contributed by atoms with E-state index in [2.05, 4.69) is 14.1 Å². The van der Waals surface area contributed by atoms with Gasteiger partial charge in [-0.1, -0.05) is 0 Å². The van der Waals surface area contributed by atoms with Gasteiger partial charge in [-0.05, 0) is 25.1 Å². The first-order chi connectivity index (χ1) is 9.02. The van der Waals surface area contributed by atoms with Crippen molar-refractivity contribution >= 4 is 28.7 Å². The van der Waals surface area contributed by atoms with E-state index < -0.39 is 5.60 Å². The van der Waals surface area contributed by atoms with Crippen LogP contribution in [0.1, 0.15) is 17.3 Å². The van der Waals surface area contributed by atoms with E-state index in [1.54, 1.807) is 25.1 Å². The van der Waals surface area contributed by atoms with E-state index >= 15 is 0 Å². The number of aliphatic hydroxyl groups is 1. The van der Waals surface area contributed by atoms with Crippen LogP contribution < -0.4 is 5.32 Å². The number of carbonyl (C=O) groups is 1. The molecule has 0 aliphatic heterocycles. The van der Waals surface area contributed by atoms with E-state index in [9.17, 15) is 9.90 Å². The maximum absolute atomic E-state index is 12.0. The second kappa shape index (κ2) is 5.60. The van der Waals surface area contributed by atoms with Crippen LogP contribution in [-0.4, -0.2) is 45.6 Å². The molecule has 7 heteroatoms. The van der Waals surface area contributed by atoms with Gasteiger partial charge in [-0.3, -0.25) is 4.79 Å². The Morgan fingerprint density at radius 1 is 1.47 bits per heavy atom. The molecule has 2 N–H and O–H groups in total. The fourth-order valence-corrected chi connectivity index (χ4v) is 2.18. The summed E-state index contributed by atoms with van der Waals surface area (Å²) in [4.78, 5) is 12.0. The Balaban J connectivity index is 2.03. The number of aromatic nitrogens is 2. The maximum atomic E-state index is 12.0. The number of methoxy groups -OCH3 is 1. The number of hydrogen-bond acceptors (Lipinski definition) is 6. The number of hydrogen-bond donors (Lipinski definition) is 2. The molecule has 1 heterocycles. The summed E-state index contributed by atoms with van der Waals surface area (Å²) in [6.45, 7) is 1.87. The molecule has 0 aliphatic rings. The highest BCUT2D eigenvalue weighted by Crippen LogP contribution is 2.13. The van der Waals surface area contributed by atoms with Crippen molar-refractivity contribution in [2.75, 3.05) is 20.3 Å². The van der Waals surface area contributed by atoms with E-state index in [1.807, 2.05) is 0 Å². The van der Waals surface area contributed by atoms with Gasteiger partial charge in [0.2, 0.25) is 0 Å². The molecule has 1 aromatic heterocycles. The normalized spacial score (nSPS) is 14.3. The Labute approximate surface area is 114 Å². The highest BCUT2D eigenvalue weighted by atomic mass is 32.1. The van der Waals surface area contributed by atoms with Gasteiger partial charge in [0.05, 0.1) is 18.3 Å². The first kappa shape index (κ1) is 13.9. The largest absolute Gasteiger partial charge is 0.386 e. The van der Waals surface area contributed by atoms with Crippen molar-refractivity contribution in [3.8, 4) is 0 Å². The van der Waals surface area contributed by atoms with Gasteiger partial charge in [-0.25, -0.2) is 0 Å². The Bertz CT molecular complexity index is 582. The van der Waals surface area contributed by atoms with Crippen molar-refractivity contribution in [2.24, 2.45) is 0 Å². The lowest BCUT2D eigenvalue weighted by atomic mass is 10.1. The molecule has 1 atom stereocenters. The van der Waals surface area contributed by atoms with Crippen LogP contribution in [0, 0.1) is 0 Å². The van der Waals surface area contributed by atoms with E-state index in [0.29, 0.717) is 11.1 Å². The van der Waals surface area contributed by atoms with Gasteiger partial charge < -0.3 is 15.2 Å². The zero-order chi connectivity index (χ0) is 13.9. The van der Waals surface area contributed by atoms with Crippen molar-refractivity contribution in [1.82, 2.24) is 14.1 Å². The monoisotopic (exact) mass is 281 g/mol. The Hall–Kier alpha value is -1.57. The number of nitrogens with zero attached hydrogens (tertiary/aromatic N) is 2. The third-order valence-electron chi connectivity index (χ3n) is 2.60. The quantitative estimate of drug-likeness (QED) is 0.847. The molecule has 0 radical (unpaired) electrons. The van der Waals surface area contributed by atoms with Crippen LogP contribution >= 0.6 is 11.7 Å². The van der Waals surface area contributed by atoms with Crippen LogP contribution in [0.5, 0.6) is 0 Å². The Morgan fingerprint density at radius 3 is 2.95 bits per heavy atom. The third kappa shape index (κ3) is 3.46. The zero-order valence-electron chi connectivity index (χ0n) is 10.7. The van der Waals surface area contributed by atoms with Crippen LogP contribution in [0.4, 0.5) is 0 Å². The summed E-state index contributed by atoms with van der Waals surface area (Å²) < 4.78 is 13.0. The molecule has 2 rings (SSSR count). The number of ether oxygens (including phenoxy) is 1. The molecule has 2 aromatic rings. The number of nitrogens with one attached hydrogen (secondary N) is 1. The van der Waals surface area contributed by atoms with Gasteiger partial charge in [0, 0.05) is 19.2 Å². The van der Waals surface area contributed by atoms with Crippen LogP contribution in [0.25, 0.3) is 11.0 Å². The molecule has 102 valence electrons. The predicted octanol–water partition coefficient (Wildman–Crippen LogP) is 0.818. The molecule has 0 saturated carbocycles. The highest BCUT2D eigenvalue weighted by Gasteiger charge is 2.21. The maximum Gasteiger partial charge on any atom is 0.251 e. The molecule has 0 bridgehead atoms. The van der Waals surface area contributed by atoms with Crippen LogP contribution in [0.3, 0.4) is 0 Å². The molecular formula is C12H15N3O3S. The summed E-state index contributed by atoms with van der Waals surface area (Å²) in [7, 11) is 1.50. The summed E-state index contributed by atoms with van der Waals surface area (Å²) in [6.07, 6.45) is 0. The fraction of sp³-hybridized carbons (Fsp3) is 0.417. The van der Waals surface area contributed by atoms with E-state index in [0.717, 1.165) is 17.2 Å². The van der Waals surface area contributed by atoms with E-state index in [1.165, 1.54) is 7.11 Å². The standard InChI is InChI=1S/C12H15N3O3S/c1-12(17,7-18-2)6-13-11(16)8-3-4-9-10(5-8)15-19-14-9/h3-5,17H,6-7H2,1-2H3,(H,13,16)/t12-/m0/s1. The molecule has 0 spiro atoms. The van der Waals surface area contributed by atoms with Crippen molar-refractivity contribution in [1.29, 1.82) is 0 Å². The second-order valence-electron chi connectivity index (χ2n) is 4.58. The fourth-order valence-electron chi connectivity index (χ4n) is 1.66. The topological polar surface area (TPSA) is 84.3 Å². The number of benzene rings is 1. The average Bonchev–Trinajstić information content (AvgIpc) is 2.83. The number of rotatable bonds is 5. The lowest BCUT2D eigenvalue weighted by molar-refractivity contribution is -0.0147. The average molecular weight is 281 g/mol. The highest BCUT2D eigenvalue weighted by molar-refractivity contribution is 7.00. The van der Waals surface area contributed by atoms with E-state index in [4.69, 9.17) is 4.74 Å². The minimum Gasteiger partial charge on any atom is -0.386 e.